The van der Waals surface area contributed by atoms with E-state index in [0.29, 0.717) is 11.5 Å². The standard InChI is InChI=1S/C9H19NO2S/c1-9(2,3)12-8-4-6-13(10,11)7-5-8/h8,10H,4-7H2,1-3H3. The van der Waals surface area contributed by atoms with E-state index in [0.717, 1.165) is 12.8 Å². The second-order valence-electron chi connectivity index (χ2n) is 4.65. The van der Waals surface area contributed by atoms with Crippen LogP contribution in [0.15, 0.2) is 0 Å². The summed E-state index contributed by atoms with van der Waals surface area (Å²) in [7, 11) is -2.25. The number of nitrogens with one attached hydrogen (secondary N) is 1. The van der Waals surface area contributed by atoms with Gasteiger partial charge in [0.25, 0.3) is 0 Å². The van der Waals surface area contributed by atoms with Crippen molar-refractivity contribution in [2.45, 2.75) is 45.3 Å². The summed E-state index contributed by atoms with van der Waals surface area (Å²) >= 11 is 0. The van der Waals surface area contributed by atoms with Crippen LogP contribution >= 0.6 is 0 Å². The molecular formula is C9H19NO2S. The van der Waals surface area contributed by atoms with Crippen LogP contribution < -0.4 is 0 Å². The Bertz CT molecular complexity index is 250. The molecule has 4 heteroatoms. The Morgan fingerprint density at radius 2 is 1.77 bits per heavy atom. The molecule has 1 aliphatic rings. The predicted molar refractivity (Wildman–Crippen MR) is 54.5 cm³/mol. The van der Waals surface area contributed by atoms with Crippen molar-refractivity contribution in [2.75, 3.05) is 11.5 Å². The van der Waals surface area contributed by atoms with E-state index in [1.54, 1.807) is 0 Å². The van der Waals surface area contributed by atoms with Gasteiger partial charge >= 0.3 is 0 Å². The molecule has 3 nitrogen and oxygen atoms in total. The summed E-state index contributed by atoms with van der Waals surface area (Å²) in [6.07, 6.45) is 1.76. The lowest BCUT2D eigenvalue weighted by Gasteiger charge is -2.30. The highest BCUT2D eigenvalue weighted by atomic mass is 32.2. The molecular weight excluding hydrogens is 186 g/mol. The maximum absolute atomic E-state index is 11.3. The quantitative estimate of drug-likeness (QED) is 0.712. The molecule has 13 heavy (non-hydrogen) atoms. The van der Waals surface area contributed by atoms with E-state index in [1.807, 2.05) is 20.8 Å². The molecule has 1 heterocycles. The average molecular weight is 205 g/mol. The van der Waals surface area contributed by atoms with Crippen LogP contribution in [0, 0.1) is 4.78 Å². The van der Waals surface area contributed by atoms with Crippen LogP contribution in [0.1, 0.15) is 33.6 Å². The Kier molecular flexibility index (Phi) is 3.02. The average Bonchev–Trinajstić information content (AvgIpc) is 1.91. The number of hydrogen-bond donors (Lipinski definition) is 1. The first-order valence-electron chi connectivity index (χ1n) is 4.70. The molecule has 1 rings (SSSR count). The van der Waals surface area contributed by atoms with Crippen LogP contribution in [0.3, 0.4) is 0 Å². The monoisotopic (exact) mass is 205 g/mol. The first-order valence-corrected chi connectivity index (χ1v) is 6.60. The fourth-order valence-electron chi connectivity index (χ4n) is 1.51. The van der Waals surface area contributed by atoms with Gasteiger partial charge in [-0.25, -0.2) is 4.21 Å². The molecule has 1 aliphatic heterocycles. The first-order chi connectivity index (χ1) is 5.79. The summed E-state index contributed by atoms with van der Waals surface area (Å²) in [6.45, 7) is 6.08. The van der Waals surface area contributed by atoms with Gasteiger partial charge in [-0.1, -0.05) is 0 Å². The van der Waals surface area contributed by atoms with Gasteiger partial charge in [-0.2, -0.15) is 0 Å². The van der Waals surface area contributed by atoms with Gasteiger partial charge in [0.1, 0.15) is 0 Å². The molecule has 0 spiro atoms. The van der Waals surface area contributed by atoms with Crippen molar-refractivity contribution < 1.29 is 8.95 Å². The largest absolute Gasteiger partial charge is 0.373 e. The summed E-state index contributed by atoms with van der Waals surface area (Å²) in [5, 5.41) is 0. The summed E-state index contributed by atoms with van der Waals surface area (Å²) in [6, 6.07) is 0. The zero-order chi connectivity index (χ0) is 10.1. The summed E-state index contributed by atoms with van der Waals surface area (Å²) in [5.41, 5.74) is -0.120. The van der Waals surface area contributed by atoms with Crippen molar-refractivity contribution in [3.05, 3.63) is 0 Å². The molecule has 0 radical (unpaired) electrons. The molecule has 1 saturated heterocycles. The van der Waals surface area contributed by atoms with Gasteiger partial charge in [-0.3, -0.25) is 4.78 Å². The lowest BCUT2D eigenvalue weighted by atomic mass is 10.1. The highest BCUT2D eigenvalue weighted by Gasteiger charge is 2.25. The van der Waals surface area contributed by atoms with Gasteiger partial charge < -0.3 is 4.74 Å². The fourth-order valence-corrected chi connectivity index (χ4v) is 3.00. The topological polar surface area (TPSA) is 50.1 Å². The molecule has 78 valence electrons. The Balaban J connectivity index is 2.43. The molecule has 1 N–H and O–H groups in total. The van der Waals surface area contributed by atoms with E-state index in [-0.39, 0.29) is 11.7 Å². The maximum Gasteiger partial charge on any atom is 0.0602 e. The third-order valence-electron chi connectivity index (χ3n) is 2.06. The highest BCUT2D eigenvalue weighted by molar-refractivity contribution is 7.92. The minimum absolute atomic E-state index is 0.120. The van der Waals surface area contributed by atoms with Crippen molar-refractivity contribution in [2.24, 2.45) is 0 Å². The zero-order valence-electron chi connectivity index (χ0n) is 8.63. The van der Waals surface area contributed by atoms with Crippen LogP contribution in [0.5, 0.6) is 0 Å². The second-order valence-corrected chi connectivity index (χ2v) is 7.09. The third kappa shape index (κ3) is 4.09. The lowest BCUT2D eigenvalue weighted by Crippen LogP contribution is -2.34. The normalized spacial score (nSPS) is 36.1. The molecule has 0 amide bonds. The van der Waals surface area contributed by atoms with E-state index in [9.17, 15) is 4.21 Å². The highest BCUT2D eigenvalue weighted by Crippen LogP contribution is 2.21. The van der Waals surface area contributed by atoms with Crippen LogP contribution in [-0.4, -0.2) is 27.4 Å². The fraction of sp³-hybridized carbons (Fsp3) is 1.00. The van der Waals surface area contributed by atoms with E-state index in [2.05, 4.69) is 0 Å². The van der Waals surface area contributed by atoms with Gasteiger partial charge in [-0.15, -0.1) is 0 Å². The predicted octanol–water partition coefficient (Wildman–Crippen LogP) is 2.01. The molecule has 0 aromatic carbocycles. The smallest absolute Gasteiger partial charge is 0.0602 e. The summed E-state index contributed by atoms with van der Waals surface area (Å²) in [5.74, 6) is 1.02. The van der Waals surface area contributed by atoms with Crippen molar-refractivity contribution in [1.29, 1.82) is 4.78 Å². The van der Waals surface area contributed by atoms with Gasteiger partial charge in [0.05, 0.1) is 11.7 Å². The molecule has 0 aromatic heterocycles. The second kappa shape index (κ2) is 3.58. The Labute approximate surface area is 80.8 Å². The SMILES string of the molecule is CC(C)(C)OC1CCS(=N)(=O)CC1. The van der Waals surface area contributed by atoms with Crippen molar-refractivity contribution >= 4 is 9.73 Å². The van der Waals surface area contributed by atoms with Gasteiger partial charge in [0.15, 0.2) is 0 Å². The molecule has 0 unspecified atom stereocenters. The molecule has 0 saturated carbocycles. The number of hydrogen-bond acceptors (Lipinski definition) is 3. The maximum atomic E-state index is 11.3. The van der Waals surface area contributed by atoms with Crippen molar-refractivity contribution in [3.8, 4) is 0 Å². The van der Waals surface area contributed by atoms with E-state index < -0.39 is 9.73 Å². The molecule has 0 bridgehead atoms. The van der Waals surface area contributed by atoms with E-state index in [4.69, 9.17) is 9.52 Å². The van der Waals surface area contributed by atoms with Crippen LogP contribution in [0.2, 0.25) is 0 Å². The van der Waals surface area contributed by atoms with Gasteiger partial charge in [0, 0.05) is 21.2 Å². The zero-order valence-corrected chi connectivity index (χ0v) is 9.45. The summed E-state index contributed by atoms with van der Waals surface area (Å²) < 4.78 is 24.5. The van der Waals surface area contributed by atoms with Crippen LogP contribution in [0.4, 0.5) is 0 Å². The molecule has 1 fully saturated rings. The van der Waals surface area contributed by atoms with Crippen molar-refractivity contribution in [1.82, 2.24) is 0 Å². The van der Waals surface area contributed by atoms with E-state index in [1.165, 1.54) is 0 Å². The molecule has 0 aliphatic carbocycles. The third-order valence-corrected chi connectivity index (χ3v) is 3.85. The van der Waals surface area contributed by atoms with Crippen LogP contribution in [-0.2, 0) is 14.5 Å². The van der Waals surface area contributed by atoms with Gasteiger partial charge in [0.2, 0.25) is 0 Å². The van der Waals surface area contributed by atoms with Crippen molar-refractivity contribution in [3.63, 3.8) is 0 Å². The Morgan fingerprint density at radius 3 is 2.15 bits per heavy atom. The Morgan fingerprint density at radius 1 is 1.31 bits per heavy atom. The Hall–Kier alpha value is -0.0900. The lowest BCUT2D eigenvalue weighted by molar-refractivity contribution is -0.0626. The summed E-state index contributed by atoms with van der Waals surface area (Å²) in [4.78, 5) is 0. The minimum Gasteiger partial charge on any atom is -0.373 e. The molecule has 0 aromatic rings. The van der Waals surface area contributed by atoms with Gasteiger partial charge in [-0.05, 0) is 33.6 Å². The number of ether oxygens (including phenoxy) is 1. The molecule has 0 atom stereocenters. The first kappa shape index (κ1) is 11.0. The van der Waals surface area contributed by atoms with E-state index >= 15 is 0 Å². The number of rotatable bonds is 1. The minimum atomic E-state index is -2.25. The van der Waals surface area contributed by atoms with Crippen LogP contribution in [0.25, 0.3) is 0 Å².